The Hall–Kier alpha value is -1.59. The molecule has 0 bridgehead atoms. The van der Waals surface area contributed by atoms with Crippen LogP contribution < -0.4 is 5.32 Å². The van der Waals surface area contributed by atoms with Crippen molar-refractivity contribution in [3.05, 3.63) is 0 Å². The molecule has 0 aromatic rings. The van der Waals surface area contributed by atoms with E-state index in [2.05, 4.69) is 12.2 Å². The molecule has 0 rings (SSSR count). The second kappa shape index (κ2) is 18.9. The van der Waals surface area contributed by atoms with Crippen LogP contribution >= 0.6 is 0 Å². The molecule has 0 fully saturated rings. The van der Waals surface area contributed by atoms with E-state index in [1.807, 2.05) is 0 Å². The van der Waals surface area contributed by atoms with Crippen molar-refractivity contribution in [2.45, 2.75) is 148 Å². The van der Waals surface area contributed by atoms with Crippen LogP contribution in [0.2, 0.25) is 0 Å². The molecule has 0 aromatic carbocycles. The van der Waals surface area contributed by atoms with Crippen molar-refractivity contribution in [3.63, 3.8) is 0 Å². The number of carboxylic acid groups (broad SMARTS) is 1. The molecular weight excluding hydrogens is 406 g/mol. The molecule has 1 atom stereocenters. The van der Waals surface area contributed by atoms with Gasteiger partial charge in [-0.25, -0.2) is 4.79 Å². The van der Waals surface area contributed by atoms with Crippen LogP contribution in [0.25, 0.3) is 0 Å². The molecule has 1 amide bonds. The zero-order valence-electron chi connectivity index (χ0n) is 21.2. The number of carbonyl (C=O) groups is 3. The fraction of sp³-hybridized carbons (Fsp3) is 0.885. The highest BCUT2D eigenvalue weighted by molar-refractivity contribution is 5.87. The van der Waals surface area contributed by atoms with Crippen LogP contribution in [0, 0.1) is 0 Å². The molecule has 0 radical (unpaired) electrons. The average molecular weight is 456 g/mol. The Balaban J connectivity index is 3.67. The van der Waals surface area contributed by atoms with Crippen molar-refractivity contribution < 1.29 is 24.2 Å². The maximum absolute atomic E-state index is 12.0. The highest BCUT2D eigenvalue weighted by Gasteiger charge is 2.26. The van der Waals surface area contributed by atoms with E-state index >= 15 is 0 Å². The smallest absolute Gasteiger partial charge is 0.326 e. The molecule has 6 heteroatoms. The third kappa shape index (κ3) is 20.3. The second-order valence-corrected chi connectivity index (χ2v) is 9.95. The fourth-order valence-electron chi connectivity index (χ4n) is 3.67. The summed E-state index contributed by atoms with van der Waals surface area (Å²) >= 11 is 0. The lowest BCUT2D eigenvalue weighted by Crippen LogP contribution is -2.43. The molecule has 0 unspecified atom stereocenters. The predicted octanol–water partition coefficient (Wildman–Crippen LogP) is 6.55. The van der Waals surface area contributed by atoms with E-state index in [4.69, 9.17) is 4.74 Å². The molecule has 0 spiro atoms. The third-order valence-corrected chi connectivity index (χ3v) is 5.43. The van der Waals surface area contributed by atoms with E-state index in [1.54, 1.807) is 20.8 Å². The van der Waals surface area contributed by atoms with Gasteiger partial charge >= 0.3 is 11.9 Å². The van der Waals surface area contributed by atoms with Crippen LogP contribution in [0.15, 0.2) is 0 Å². The van der Waals surface area contributed by atoms with E-state index < -0.39 is 23.6 Å². The molecule has 0 saturated carbocycles. The van der Waals surface area contributed by atoms with Crippen LogP contribution in [0.3, 0.4) is 0 Å². The van der Waals surface area contributed by atoms with Gasteiger partial charge < -0.3 is 15.2 Å². The van der Waals surface area contributed by atoms with Crippen molar-refractivity contribution in [2.75, 3.05) is 0 Å². The van der Waals surface area contributed by atoms with E-state index in [0.29, 0.717) is 0 Å². The molecule has 0 aliphatic rings. The molecule has 32 heavy (non-hydrogen) atoms. The number of carbonyl (C=O) groups excluding carboxylic acids is 2. The number of hydrogen-bond donors (Lipinski definition) is 2. The van der Waals surface area contributed by atoms with E-state index in [1.165, 1.54) is 77.0 Å². The summed E-state index contributed by atoms with van der Waals surface area (Å²) in [5, 5.41) is 11.7. The minimum Gasteiger partial charge on any atom is -0.480 e. The number of nitrogens with one attached hydrogen (secondary N) is 1. The normalized spacial score (nSPS) is 12.4. The first-order chi connectivity index (χ1) is 15.2. The predicted molar refractivity (Wildman–Crippen MR) is 130 cm³/mol. The summed E-state index contributed by atoms with van der Waals surface area (Å²) in [5.74, 6) is -2.17. The van der Waals surface area contributed by atoms with Crippen LogP contribution in [-0.2, 0) is 19.1 Å². The summed E-state index contributed by atoms with van der Waals surface area (Å²) in [7, 11) is 0. The number of esters is 1. The first kappa shape index (κ1) is 30.4. The standard InChI is InChI=1S/C26H49NO5/c1-5-6-7-8-9-10-11-12-13-14-15-16-17-18-19-20-23(28)27-22(25(30)31)21-24(29)32-26(2,3)4/h22H,5-21H2,1-4H3,(H,27,28)(H,30,31)/t22-/m0/s1. The second-order valence-electron chi connectivity index (χ2n) is 9.95. The minimum atomic E-state index is -1.24. The topological polar surface area (TPSA) is 92.7 Å². The van der Waals surface area contributed by atoms with Gasteiger partial charge in [-0.05, 0) is 27.2 Å². The van der Waals surface area contributed by atoms with Gasteiger partial charge in [0.25, 0.3) is 0 Å². The lowest BCUT2D eigenvalue weighted by molar-refractivity contribution is -0.158. The van der Waals surface area contributed by atoms with Crippen molar-refractivity contribution in [2.24, 2.45) is 0 Å². The number of aliphatic carboxylic acids is 1. The van der Waals surface area contributed by atoms with Crippen LogP contribution in [0.5, 0.6) is 0 Å². The maximum atomic E-state index is 12.0. The number of carboxylic acids is 1. The lowest BCUT2D eigenvalue weighted by atomic mass is 10.0. The lowest BCUT2D eigenvalue weighted by Gasteiger charge is -2.21. The Bertz CT molecular complexity index is 513. The van der Waals surface area contributed by atoms with Gasteiger partial charge in [0.15, 0.2) is 0 Å². The van der Waals surface area contributed by atoms with E-state index in [-0.39, 0.29) is 18.7 Å². The highest BCUT2D eigenvalue weighted by Crippen LogP contribution is 2.14. The molecular formula is C26H49NO5. The average Bonchev–Trinajstić information content (AvgIpc) is 2.69. The summed E-state index contributed by atoms with van der Waals surface area (Å²) < 4.78 is 5.14. The SMILES string of the molecule is CCCCCCCCCCCCCCCCCC(=O)N[C@@H](CC(=O)OC(C)(C)C)C(=O)O. The van der Waals surface area contributed by atoms with Crippen LogP contribution in [-0.4, -0.2) is 34.6 Å². The Kier molecular flexibility index (Phi) is 18.0. The van der Waals surface area contributed by atoms with Crippen molar-refractivity contribution in [3.8, 4) is 0 Å². The van der Waals surface area contributed by atoms with Crippen molar-refractivity contribution >= 4 is 17.8 Å². The Labute approximate surface area is 196 Å². The van der Waals surface area contributed by atoms with Crippen LogP contribution in [0.4, 0.5) is 0 Å². The Morgan fingerprint density at radius 3 is 1.53 bits per heavy atom. The number of hydrogen-bond acceptors (Lipinski definition) is 4. The van der Waals surface area contributed by atoms with Gasteiger partial charge in [-0.3, -0.25) is 9.59 Å². The van der Waals surface area contributed by atoms with Gasteiger partial charge in [0.1, 0.15) is 11.6 Å². The number of unbranched alkanes of at least 4 members (excludes halogenated alkanes) is 14. The van der Waals surface area contributed by atoms with Gasteiger partial charge in [0.05, 0.1) is 6.42 Å². The summed E-state index contributed by atoms with van der Waals surface area (Å²) in [4.78, 5) is 35.2. The maximum Gasteiger partial charge on any atom is 0.326 e. The third-order valence-electron chi connectivity index (χ3n) is 5.43. The highest BCUT2D eigenvalue weighted by atomic mass is 16.6. The van der Waals surface area contributed by atoms with E-state index in [9.17, 15) is 19.5 Å². The first-order valence-corrected chi connectivity index (χ1v) is 12.9. The summed E-state index contributed by atoms with van der Waals surface area (Å²) in [6, 6.07) is -1.24. The molecule has 0 saturated heterocycles. The monoisotopic (exact) mass is 455 g/mol. The van der Waals surface area contributed by atoms with Gasteiger partial charge in [0.2, 0.25) is 5.91 Å². The summed E-state index contributed by atoms with van der Waals surface area (Å²) in [5.41, 5.74) is -0.683. The molecule has 6 nitrogen and oxygen atoms in total. The van der Waals surface area contributed by atoms with E-state index in [0.717, 1.165) is 19.3 Å². The van der Waals surface area contributed by atoms with Gasteiger partial charge in [-0.15, -0.1) is 0 Å². The number of rotatable bonds is 20. The van der Waals surface area contributed by atoms with Crippen molar-refractivity contribution in [1.29, 1.82) is 0 Å². The zero-order valence-corrected chi connectivity index (χ0v) is 21.2. The molecule has 2 N–H and O–H groups in total. The largest absolute Gasteiger partial charge is 0.480 e. The van der Waals surface area contributed by atoms with Crippen molar-refractivity contribution in [1.82, 2.24) is 5.32 Å². The summed E-state index contributed by atoms with van der Waals surface area (Å²) in [6.45, 7) is 7.41. The number of ether oxygens (including phenoxy) is 1. The summed E-state index contributed by atoms with van der Waals surface area (Å²) in [6.07, 6.45) is 18.8. The van der Waals surface area contributed by atoms with Gasteiger partial charge in [0, 0.05) is 6.42 Å². The number of amides is 1. The van der Waals surface area contributed by atoms with Gasteiger partial charge in [-0.2, -0.15) is 0 Å². The molecule has 0 aliphatic heterocycles. The van der Waals surface area contributed by atoms with Crippen LogP contribution in [0.1, 0.15) is 137 Å². The molecule has 0 heterocycles. The minimum absolute atomic E-state index is 0.288. The molecule has 0 aliphatic carbocycles. The molecule has 0 aromatic heterocycles. The Morgan fingerprint density at radius 2 is 1.16 bits per heavy atom. The Morgan fingerprint density at radius 1 is 0.750 bits per heavy atom. The first-order valence-electron chi connectivity index (χ1n) is 12.9. The quantitative estimate of drug-likeness (QED) is 0.160. The molecule has 188 valence electrons. The fourth-order valence-corrected chi connectivity index (χ4v) is 3.67. The zero-order chi connectivity index (χ0) is 24.2. The van der Waals surface area contributed by atoms with Gasteiger partial charge in [-0.1, -0.05) is 96.8 Å².